The van der Waals surface area contributed by atoms with Crippen molar-refractivity contribution in [1.29, 1.82) is 0 Å². The van der Waals surface area contributed by atoms with Crippen molar-refractivity contribution in [3.05, 3.63) is 97.1 Å². The predicted molar refractivity (Wildman–Crippen MR) is 215 cm³/mol. The van der Waals surface area contributed by atoms with Crippen LogP contribution in [0.25, 0.3) is 0 Å². The van der Waals surface area contributed by atoms with Crippen molar-refractivity contribution in [1.82, 2.24) is 0 Å². The van der Waals surface area contributed by atoms with Crippen LogP contribution >= 0.6 is 15.8 Å². The Morgan fingerprint density at radius 1 is 0.314 bits per heavy atom. The lowest BCUT2D eigenvalue weighted by Crippen LogP contribution is -2.36. The highest BCUT2D eigenvalue weighted by atomic mass is 31.2. The molecule has 0 saturated carbocycles. The Kier molecular flexibility index (Phi) is 11.7. The molecule has 10 heteroatoms. The zero-order valence-electron chi connectivity index (χ0n) is 29.6. The SMILES string of the molecule is c1cc(P(CP(c2ccc(N3CCOCC3)cc2)c2ccc(N3CCOCC3)cc2)c2ccc(N3CCOCC3)cc2)ccc1N1CCOCC1. The van der Waals surface area contributed by atoms with Gasteiger partial charge in [-0.3, -0.25) is 0 Å². The molecule has 0 radical (unpaired) electrons. The van der Waals surface area contributed by atoms with Gasteiger partial charge in [-0.15, -0.1) is 0 Å². The van der Waals surface area contributed by atoms with Gasteiger partial charge < -0.3 is 38.5 Å². The molecule has 0 N–H and O–H groups in total. The standard InChI is InChI=1S/C41H50N4O4P2/c1-9-38(10-2-34(1)42-17-25-46-26-18-42)50(39-11-3-35(4-12-39)43-19-27-47-28-20-43)33-51(40-13-5-36(6-14-40)44-21-29-48-30-22-44)41-15-7-37(8-16-41)45-23-31-49-32-24-45/h1-16H,17-33H2. The number of hydrogen-bond donors (Lipinski definition) is 0. The van der Waals surface area contributed by atoms with Crippen LogP contribution in [0.15, 0.2) is 97.1 Å². The molecule has 0 atom stereocenters. The average Bonchev–Trinajstić information content (AvgIpc) is 3.23. The summed E-state index contributed by atoms with van der Waals surface area (Å²) < 4.78 is 22.6. The van der Waals surface area contributed by atoms with Crippen LogP contribution in [-0.2, 0) is 18.9 Å². The highest BCUT2D eigenvalue weighted by molar-refractivity contribution is 7.88. The van der Waals surface area contributed by atoms with Crippen LogP contribution in [0.5, 0.6) is 0 Å². The maximum absolute atomic E-state index is 5.64. The molecule has 0 aromatic heterocycles. The second-order valence-electron chi connectivity index (χ2n) is 13.5. The molecule has 4 aromatic carbocycles. The van der Waals surface area contributed by atoms with Gasteiger partial charge in [0.15, 0.2) is 0 Å². The van der Waals surface area contributed by atoms with Crippen molar-refractivity contribution in [3.63, 3.8) is 0 Å². The summed E-state index contributed by atoms with van der Waals surface area (Å²) in [6.07, 6.45) is 0. The van der Waals surface area contributed by atoms with Crippen LogP contribution in [0.1, 0.15) is 0 Å². The van der Waals surface area contributed by atoms with Crippen molar-refractivity contribution in [2.24, 2.45) is 0 Å². The van der Waals surface area contributed by atoms with Crippen molar-refractivity contribution >= 4 is 59.8 Å². The predicted octanol–water partition coefficient (Wildman–Crippen LogP) is 4.56. The molecular weight excluding hydrogens is 674 g/mol. The van der Waals surface area contributed by atoms with Crippen LogP contribution in [0, 0.1) is 0 Å². The van der Waals surface area contributed by atoms with E-state index in [1.165, 1.54) is 44.0 Å². The first-order chi connectivity index (χ1) is 25.3. The lowest BCUT2D eigenvalue weighted by molar-refractivity contribution is 0.122. The second kappa shape index (κ2) is 17.1. The fraction of sp³-hybridized carbons (Fsp3) is 0.415. The molecule has 4 aromatic rings. The van der Waals surface area contributed by atoms with Crippen LogP contribution in [0.3, 0.4) is 0 Å². The Morgan fingerprint density at radius 2 is 0.510 bits per heavy atom. The normalized spacial score (nSPS) is 18.9. The fourth-order valence-corrected chi connectivity index (χ4v) is 13.8. The first-order valence-electron chi connectivity index (χ1n) is 18.5. The first kappa shape index (κ1) is 34.8. The molecule has 4 heterocycles. The van der Waals surface area contributed by atoms with E-state index in [0.717, 1.165) is 111 Å². The molecule has 0 amide bonds. The monoisotopic (exact) mass is 724 g/mol. The Hall–Kier alpha value is -3.22. The molecule has 4 aliphatic rings. The van der Waals surface area contributed by atoms with Crippen molar-refractivity contribution < 1.29 is 18.9 Å². The van der Waals surface area contributed by atoms with E-state index in [1.807, 2.05) is 0 Å². The minimum atomic E-state index is -0.648. The van der Waals surface area contributed by atoms with Gasteiger partial charge in [0, 0.05) is 81.0 Å². The average molecular weight is 725 g/mol. The molecule has 4 saturated heterocycles. The maximum Gasteiger partial charge on any atom is 0.0642 e. The number of rotatable bonds is 10. The molecule has 4 aliphatic heterocycles. The van der Waals surface area contributed by atoms with Gasteiger partial charge in [-0.05, 0) is 85.6 Å². The van der Waals surface area contributed by atoms with Gasteiger partial charge in [0.05, 0.1) is 52.9 Å². The Labute approximate surface area is 305 Å². The molecule has 0 unspecified atom stereocenters. The molecule has 0 aliphatic carbocycles. The zero-order chi connectivity index (χ0) is 34.2. The number of benzene rings is 4. The van der Waals surface area contributed by atoms with E-state index >= 15 is 0 Å². The van der Waals surface area contributed by atoms with Gasteiger partial charge in [-0.25, -0.2) is 0 Å². The topological polar surface area (TPSA) is 49.9 Å². The van der Waals surface area contributed by atoms with E-state index in [1.54, 1.807) is 0 Å². The van der Waals surface area contributed by atoms with Crippen molar-refractivity contribution in [2.75, 3.05) is 131 Å². The second-order valence-corrected chi connectivity index (χ2v) is 18.4. The summed E-state index contributed by atoms with van der Waals surface area (Å²) in [5.41, 5.74) is 5.16. The zero-order valence-corrected chi connectivity index (χ0v) is 31.4. The van der Waals surface area contributed by atoms with Gasteiger partial charge in [-0.1, -0.05) is 48.5 Å². The van der Waals surface area contributed by atoms with Gasteiger partial charge >= 0.3 is 0 Å². The van der Waals surface area contributed by atoms with Crippen molar-refractivity contribution in [2.45, 2.75) is 0 Å². The molecule has 8 nitrogen and oxygen atoms in total. The summed E-state index contributed by atoms with van der Waals surface area (Å²) in [7, 11) is -1.30. The van der Waals surface area contributed by atoms with E-state index in [0.29, 0.717) is 0 Å². The van der Waals surface area contributed by atoms with Gasteiger partial charge in [0.2, 0.25) is 0 Å². The molecule has 8 rings (SSSR count). The van der Waals surface area contributed by atoms with Crippen LogP contribution < -0.4 is 40.8 Å². The molecule has 4 fully saturated rings. The summed E-state index contributed by atoms with van der Waals surface area (Å²) in [5, 5.41) is 5.74. The number of ether oxygens (including phenoxy) is 4. The quantitative estimate of drug-likeness (QED) is 0.221. The number of hydrogen-bond acceptors (Lipinski definition) is 8. The van der Waals surface area contributed by atoms with Gasteiger partial charge in [0.1, 0.15) is 0 Å². The molecule has 268 valence electrons. The molecular formula is C41H50N4O4P2. The minimum Gasteiger partial charge on any atom is -0.378 e. The summed E-state index contributed by atoms with van der Waals surface area (Å²) in [6, 6.07) is 38.0. The number of morpholine rings is 4. The third kappa shape index (κ3) is 8.54. The van der Waals surface area contributed by atoms with Crippen LogP contribution in [0.2, 0.25) is 0 Å². The third-order valence-electron chi connectivity index (χ3n) is 10.4. The third-order valence-corrected chi connectivity index (χ3v) is 16.4. The highest BCUT2D eigenvalue weighted by Crippen LogP contribution is 2.49. The largest absolute Gasteiger partial charge is 0.378 e. The molecule has 0 spiro atoms. The maximum atomic E-state index is 5.64. The van der Waals surface area contributed by atoms with Crippen molar-refractivity contribution in [3.8, 4) is 0 Å². The van der Waals surface area contributed by atoms with Crippen LogP contribution in [-0.4, -0.2) is 111 Å². The number of anilines is 4. The molecule has 51 heavy (non-hydrogen) atoms. The van der Waals surface area contributed by atoms with E-state index in [9.17, 15) is 0 Å². The fourth-order valence-electron chi connectivity index (χ4n) is 7.43. The summed E-state index contributed by atoms with van der Waals surface area (Å²) in [4.78, 5) is 9.80. The Morgan fingerprint density at radius 3 is 0.706 bits per heavy atom. The minimum absolute atomic E-state index is 0.648. The van der Waals surface area contributed by atoms with Gasteiger partial charge in [-0.2, -0.15) is 0 Å². The van der Waals surface area contributed by atoms with Crippen LogP contribution in [0.4, 0.5) is 22.7 Å². The van der Waals surface area contributed by atoms with E-state index in [2.05, 4.69) is 117 Å². The highest BCUT2D eigenvalue weighted by Gasteiger charge is 2.25. The smallest absolute Gasteiger partial charge is 0.0642 e. The lowest BCUT2D eigenvalue weighted by atomic mass is 10.2. The van der Waals surface area contributed by atoms with E-state index in [-0.39, 0.29) is 0 Å². The van der Waals surface area contributed by atoms with E-state index < -0.39 is 15.8 Å². The van der Waals surface area contributed by atoms with E-state index in [4.69, 9.17) is 18.9 Å². The lowest BCUT2D eigenvalue weighted by Gasteiger charge is -2.32. The Bertz CT molecular complexity index is 1400. The van der Waals surface area contributed by atoms with Gasteiger partial charge in [0.25, 0.3) is 0 Å². The molecule has 0 bridgehead atoms. The first-order valence-corrected chi connectivity index (χ1v) is 21.6. The summed E-state index contributed by atoms with van der Waals surface area (Å²) >= 11 is 0. The summed E-state index contributed by atoms with van der Waals surface area (Å²) in [5.74, 6) is 1.09. The number of nitrogens with zero attached hydrogens (tertiary/aromatic N) is 4. The Balaban J connectivity index is 1.13. The summed E-state index contributed by atoms with van der Waals surface area (Å²) in [6.45, 7) is 13.9.